The lowest BCUT2D eigenvalue weighted by atomic mass is 10.2. The summed E-state index contributed by atoms with van der Waals surface area (Å²) in [7, 11) is -3.22. The Kier molecular flexibility index (Phi) is 4.91. The maximum absolute atomic E-state index is 11.7. The summed E-state index contributed by atoms with van der Waals surface area (Å²) < 4.78 is 31.0. The predicted molar refractivity (Wildman–Crippen MR) is 62.2 cm³/mol. The second-order valence-electron chi connectivity index (χ2n) is 3.47. The number of nitrogens with one attached hydrogen (secondary N) is 1. The first-order valence-corrected chi connectivity index (χ1v) is 6.82. The maximum Gasteiger partial charge on any atom is 0.214 e. The zero-order chi connectivity index (χ0) is 11.3. The minimum Gasteiger partial charge on any atom is -0.393 e. The van der Waals surface area contributed by atoms with Gasteiger partial charge in [0.25, 0.3) is 0 Å². The van der Waals surface area contributed by atoms with Crippen molar-refractivity contribution in [1.29, 1.82) is 0 Å². The fourth-order valence-electron chi connectivity index (χ4n) is 1.42. The molecule has 7 heteroatoms. The predicted octanol–water partition coefficient (Wildman–Crippen LogP) is -0.239. The molecule has 1 saturated heterocycles. The van der Waals surface area contributed by atoms with Gasteiger partial charge in [0.05, 0.1) is 10.2 Å². The minimum absolute atomic E-state index is 0.287. The summed E-state index contributed by atoms with van der Waals surface area (Å²) in [6, 6.07) is 0. The summed E-state index contributed by atoms with van der Waals surface area (Å²) >= 11 is 4.66. The van der Waals surface area contributed by atoms with Crippen LogP contribution in [0.15, 0.2) is 0 Å². The molecule has 0 aromatic heterocycles. The van der Waals surface area contributed by atoms with Crippen molar-refractivity contribution in [1.82, 2.24) is 4.72 Å². The van der Waals surface area contributed by atoms with Gasteiger partial charge in [-0.2, -0.15) is 0 Å². The first-order chi connectivity index (χ1) is 7.02. The summed E-state index contributed by atoms with van der Waals surface area (Å²) in [5.41, 5.74) is 5.28. The van der Waals surface area contributed by atoms with Gasteiger partial charge in [-0.3, -0.25) is 0 Å². The Bertz CT molecular complexity index is 310. The van der Waals surface area contributed by atoms with Crippen LogP contribution >= 0.6 is 12.2 Å². The van der Waals surface area contributed by atoms with E-state index in [1.54, 1.807) is 0 Å². The number of ether oxygens (including phenoxy) is 1. The van der Waals surface area contributed by atoms with Crippen LogP contribution in [0.2, 0.25) is 0 Å². The Balaban J connectivity index is 2.40. The molecule has 0 spiro atoms. The molecule has 0 aromatic carbocycles. The first-order valence-electron chi connectivity index (χ1n) is 4.87. The molecule has 1 aliphatic heterocycles. The summed E-state index contributed by atoms with van der Waals surface area (Å²) in [5.74, 6) is 0. The Labute approximate surface area is 95.4 Å². The SMILES string of the molecule is NC(=S)CCNS(=O)(=O)C1CCOCC1. The third-order valence-electron chi connectivity index (χ3n) is 2.28. The molecule has 0 unspecified atom stereocenters. The average Bonchev–Trinajstić information content (AvgIpc) is 2.18. The van der Waals surface area contributed by atoms with E-state index < -0.39 is 10.0 Å². The highest BCUT2D eigenvalue weighted by molar-refractivity contribution is 7.90. The fourth-order valence-corrected chi connectivity index (χ4v) is 2.96. The van der Waals surface area contributed by atoms with Gasteiger partial charge in [-0.1, -0.05) is 12.2 Å². The summed E-state index contributed by atoms with van der Waals surface area (Å²) in [5, 5.41) is -0.336. The quantitative estimate of drug-likeness (QED) is 0.660. The normalized spacial score (nSPS) is 18.9. The molecule has 1 rings (SSSR count). The maximum atomic E-state index is 11.7. The molecule has 0 atom stereocenters. The summed E-state index contributed by atoms with van der Waals surface area (Å²) in [4.78, 5) is 0.324. The van der Waals surface area contributed by atoms with Gasteiger partial charge < -0.3 is 10.5 Å². The van der Waals surface area contributed by atoms with Crippen LogP contribution in [0, 0.1) is 0 Å². The molecule has 1 fully saturated rings. The van der Waals surface area contributed by atoms with Gasteiger partial charge in [0.1, 0.15) is 0 Å². The van der Waals surface area contributed by atoms with Gasteiger partial charge in [0.15, 0.2) is 0 Å². The lowest BCUT2D eigenvalue weighted by Crippen LogP contribution is -2.39. The molecule has 1 heterocycles. The fraction of sp³-hybridized carbons (Fsp3) is 0.875. The molecule has 88 valence electrons. The average molecular weight is 252 g/mol. The topological polar surface area (TPSA) is 81.4 Å². The van der Waals surface area contributed by atoms with E-state index in [-0.39, 0.29) is 11.8 Å². The number of thiocarbonyl (C=S) groups is 1. The standard InChI is InChI=1S/C8H16N2O3S2/c9-8(14)1-4-10-15(11,12)7-2-5-13-6-3-7/h7,10H,1-6H2,(H2,9,14). The van der Waals surface area contributed by atoms with Crippen molar-refractivity contribution in [3.8, 4) is 0 Å². The Morgan fingerprint density at radius 1 is 1.47 bits per heavy atom. The van der Waals surface area contributed by atoms with Crippen LogP contribution in [-0.2, 0) is 14.8 Å². The zero-order valence-corrected chi connectivity index (χ0v) is 10.1. The summed E-state index contributed by atoms with van der Waals surface area (Å²) in [6.45, 7) is 1.32. The van der Waals surface area contributed by atoms with Gasteiger partial charge in [-0.05, 0) is 12.8 Å². The van der Waals surface area contributed by atoms with E-state index in [1.807, 2.05) is 0 Å². The Hall–Kier alpha value is -0.240. The molecule has 0 saturated carbocycles. The monoisotopic (exact) mass is 252 g/mol. The smallest absolute Gasteiger partial charge is 0.214 e. The molecule has 1 aliphatic rings. The van der Waals surface area contributed by atoms with Crippen molar-refractivity contribution in [2.45, 2.75) is 24.5 Å². The van der Waals surface area contributed by atoms with Crippen LogP contribution in [-0.4, -0.2) is 38.4 Å². The van der Waals surface area contributed by atoms with E-state index >= 15 is 0 Å². The van der Waals surface area contributed by atoms with Crippen molar-refractivity contribution in [3.05, 3.63) is 0 Å². The Morgan fingerprint density at radius 3 is 2.60 bits per heavy atom. The molecule has 0 aliphatic carbocycles. The second kappa shape index (κ2) is 5.74. The lowest BCUT2D eigenvalue weighted by molar-refractivity contribution is 0.0981. The van der Waals surface area contributed by atoms with Crippen LogP contribution < -0.4 is 10.5 Å². The van der Waals surface area contributed by atoms with Gasteiger partial charge in [-0.25, -0.2) is 13.1 Å². The molecular weight excluding hydrogens is 236 g/mol. The number of nitrogens with two attached hydrogens (primary N) is 1. The zero-order valence-electron chi connectivity index (χ0n) is 8.44. The van der Waals surface area contributed by atoms with Gasteiger partial charge in [0.2, 0.25) is 10.0 Å². The van der Waals surface area contributed by atoms with Crippen LogP contribution in [0.3, 0.4) is 0 Å². The third kappa shape index (κ3) is 4.42. The van der Waals surface area contributed by atoms with Gasteiger partial charge >= 0.3 is 0 Å². The number of sulfonamides is 1. The summed E-state index contributed by atoms with van der Waals surface area (Å²) in [6.07, 6.45) is 1.52. The van der Waals surface area contributed by atoms with E-state index in [9.17, 15) is 8.42 Å². The third-order valence-corrected chi connectivity index (χ3v) is 4.44. The largest absolute Gasteiger partial charge is 0.393 e. The Morgan fingerprint density at radius 2 is 2.07 bits per heavy atom. The van der Waals surface area contributed by atoms with E-state index in [2.05, 4.69) is 16.9 Å². The molecule has 5 nitrogen and oxygen atoms in total. The molecule has 0 radical (unpaired) electrons. The highest BCUT2D eigenvalue weighted by atomic mass is 32.2. The van der Waals surface area contributed by atoms with E-state index in [0.717, 1.165) is 0 Å². The van der Waals surface area contributed by atoms with Crippen molar-refractivity contribution in [2.24, 2.45) is 5.73 Å². The number of rotatable bonds is 5. The molecule has 15 heavy (non-hydrogen) atoms. The van der Waals surface area contributed by atoms with Crippen LogP contribution in [0.5, 0.6) is 0 Å². The van der Waals surface area contributed by atoms with Crippen molar-refractivity contribution >= 4 is 27.2 Å². The van der Waals surface area contributed by atoms with E-state index in [1.165, 1.54) is 0 Å². The molecule has 0 amide bonds. The second-order valence-corrected chi connectivity index (χ2v) is 6.04. The highest BCUT2D eigenvalue weighted by Crippen LogP contribution is 2.14. The van der Waals surface area contributed by atoms with E-state index in [0.29, 0.717) is 37.5 Å². The van der Waals surface area contributed by atoms with Gasteiger partial charge in [0, 0.05) is 26.2 Å². The molecule has 3 N–H and O–H groups in total. The molecule has 0 aromatic rings. The molecule has 0 bridgehead atoms. The van der Waals surface area contributed by atoms with E-state index in [4.69, 9.17) is 10.5 Å². The van der Waals surface area contributed by atoms with Crippen molar-refractivity contribution in [3.63, 3.8) is 0 Å². The van der Waals surface area contributed by atoms with Crippen LogP contribution in [0.1, 0.15) is 19.3 Å². The molecular formula is C8H16N2O3S2. The number of hydrogen-bond acceptors (Lipinski definition) is 4. The minimum atomic E-state index is -3.22. The van der Waals surface area contributed by atoms with Crippen LogP contribution in [0.4, 0.5) is 0 Å². The highest BCUT2D eigenvalue weighted by Gasteiger charge is 2.26. The van der Waals surface area contributed by atoms with Crippen molar-refractivity contribution < 1.29 is 13.2 Å². The van der Waals surface area contributed by atoms with Crippen LogP contribution in [0.25, 0.3) is 0 Å². The number of hydrogen-bond donors (Lipinski definition) is 2. The van der Waals surface area contributed by atoms with Crippen molar-refractivity contribution in [2.75, 3.05) is 19.8 Å². The van der Waals surface area contributed by atoms with Gasteiger partial charge in [-0.15, -0.1) is 0 Å². The lowest BCUT2D eigenvalue weighted by Gasteiger charge is -2.22. The first kappa shape index (κ1) is 12.8.